The van der Waals surface area contributed by atoms with Crippen LogP contribution in [0.4, 0.5) is 0 Å². The summed E-state index contributed by atoms with van der Waals surface area (Å²) < 4.78 is 10.5. The molecule has 2 heterocycles. The van der Waals surface area contributed by atoms with Crippen LogP contribution >= 0.6 is 0 Å². The summed E-state index contributed by atoms with van der Waals surface area (Å²) in [5, 5.41) is 3.00. The summed E-state index contributed by atoms with van der Waals surface area (Å²) in [6, 6.07) is 7.74. The Kier molecular flexibility index (Phi) is 8.73. The maximum absolute atomic E-state index is 13.2. The predicted octanol–water partition coefficient (Wildman–Crippen LogP) is 3.77. The van der Waals surface area contributed by atoms with Crippen molar-refractivity contribution in [2.75, 3.05) is 26.8 Å². The summed E-state index contributed by atoms with van der Waals surface area (Å²) in [5.41, 5.74) is 2.93. The second-order valence-corrected chi connectivity index (χ2v) is 8.77. The quantitative estimate of drug-likeness (QED) is 0.430. The van der Waals surface area contributed by atoms with Gasteiger partial charge in [-0.05, 0) is 56.4 Å². The number of methoxy groups -OCH3 is 1. The molecular formula is C26H35N3O5. The number of aromatic nitrogens is 1. The number of nitrogens with zero attached hydrogens (tertiary/aromatic N) is 1. The first-order chi connectivity index (χ1) is 16.3. The van der Waals surface area contributed by atoms with Crippen molar-refractivity contribution in [2.45, 2.75) is 53.0 Å². The first kappa shape index (κ1) is 25.3. The standard InChI is InChI=1S/C26H35N3O5/c1-5-6-14-34-21-11-9-19(10-12-21)15-27-24(30)20-8-7-13-29(16-20)25(31)23-17(2)22(18(3)28-23)26(32)33-4/h9-12,20,28H,5-8,13-16H2,1-4H3,(H,27,30)/t20-/m0/s1. The summed E-state index contributed by atoms with van der Waals surface area (Å²) in [7, 11) is 1.32. The maximum Gasteiger partial charge on any atom is 0.339 e. The Bertz CT molecular complexity index is 1010. The molecule has 0 unspecified atom stereocenters. The van der Waals surface area contributed by atoms with Crippen molar-refractivity contribution in [1.29, 1.82) is 0 Å². The number of carbonyl (C=O) groups is 3. The highest BCUT2D eigenvalue weighted by Gasteiger charge is 2.31. The van der Waals surface area contributed by atoms with Crippen molar-refractivity contribution in [2.24, 2.45) is 5.92 Å². The van der Waals surface area contributed by atoms with Crippen LogP contribution in [-0.4, -0.2) is 54.5 Å². The smallest absolute Gasteiger partial charge is 0.339 e. The van der Waals surface area contributed by atoms with Gasteiger partial charge in [-0.3, -0.25) is 9.59 Å². The summed E-state index contributed by atoms with van der Waals surface area (Å²) in [4.78, 5) is 42.8. The minimum Gasteiger partial charge on any atom is -0.494 e. The number of likely N-dealkylation sites (tertiary alicyclic amines) is 1. The zero-order chi connectivity index (χ0) is 24.7. The molecule has 2 aromatic rings. The zero-order valence-corrected chi connectivity index (χ0v) is 20.5. The third-order valence-electron chi connectivity index (χ3n) is 6.28. The Balaban J connectivity index is 1.56. The van der Waals surface area contributed by atoms with Gasteiger partial charge in [0.25, 0.3) is 5.91 Å². The molecule has 1 aliphatic rings. The summed E-state index contributed by atoms with van der Waals surface area (Å²) >= 11 is 0. The van der Waals surface area contributed by atoms with Crippen molar-refractivity contribution >= 4 is 17.8 Å². The van der Waals surface area contributed by atoms with Crippen molar-refractivity contribution in [1.82, 2.24) is 15.2 Å². The highest BCUT2D eigenvalue weighted by molar-refractivity contribution is 6.00. The van der Waals surface area contributed by atoms with E-state index < -0.39 is 5.97 Å². The minimum atomic E-state index is -0.471. The van der Waals surface area contributed by atoms with Gasteiger partial charge < -0.3 is 24.7 Å². The van der Waals surface area contributed by atoms with E-state index >= 15 is 0 Å². The van der Waals surface area contributed by atoms with Gasteiger partial charge >= 0.3 is 5.97 Å². The molecule has 184 valence electrons. The lowest BCUT2D eigenvalue weighted by Crippen LogP contribution is -2.45. The number of H-pyrrole nitrogens is 1. The molecule has 0 spiro atoms. The van der Waals surface area contributed by atoms with E-state index in [1.807, 2.05) is 24.3 Å². The molecule has 1 aromatic heterocycles. The Morgan fingerprint density at radius 3 is 2.59 bits per heavy atom. The third-order valence-corrected chi connectivity index (χ3v) is 6.28. The molecule has 1 aliphatic heterocycles. The SMILES string of the molecule is CCCCOc1ccc(CNC(=O)[C@H]2CCCN(C(=O)c3[nH]c(C)c(C(=O)OC)c3C)C2)cc1. The molecule has 3 rings (SSSR count). The van der Waals surface area contributed by atoms with Crippen molar-refractivity contribution < 1.29 is 23.9 Å². The van der Waals surface area contributed by atoms with Gasteiger partial charge in [-0.25, -0.2) is 4.79 Å². The van der Waals surface area contributed by atoms with E-state index in [-0.39, 0.29) is 17.7 Å². The largest absolute Gasteiger partial charge is 0.494 e. The van der Waals surface area contributed by atoms with E-state index in [1.54, 1.807) is 18.7 Å². The fourth-order valence-electron chi connectivity index (χ4n) is 4.28. The van der Waals surface area contributed by atoms with Crippen LogP contribution in [-0.2, 0) is 16.1 Å². The molecule has 34 heavy (non-hydrogen) atoms. The fourth-order valence-corrected chi connectivity index (χ4v) is 4.28. The van der Waals surface area contributed by atoms with Crippen LogP contribution in [0, 0.1) is 19.8 Å². The average Bonchev–Trinajstić information content (AvgIpc) is 3.16. The van der Waals surface area contributed by atoms with Gasteiger partial charge in [0.1, 0.15) is 11.4 Å². The molecular weight excluding hydrogens is 434 g/mol. The molecule has 2 amide bonds. The number of aryl methyl sites for hydroxylation is 1. The van der Waals surface area contributed by atoms with Crippen LogP contribution in [0.2, 0.25) is 0 Å². The molecule has 1 saturated heterocycles. The number of piperidine rings is 1. The number of hydrogen-bond acceptors (Lipinski definition) is 5. The molecule has 0 aliphatic carbocycles. The molecule has 8 heteroatoms. The number of hydrogen-bond donors (Lipinski definition) is 2. The molecule has 2 N–H and O–H groups in total. The monoisotopic (exact) mass is 469 g/mol. The molecule has 8 nitrogen and oxygen atoms in total. The highest BCUT2D eigenvalue weighted by atomic mass is 16.5. The van der Waals surface area contributed by atoms with Gasteiger partial charge in [0, 0.05) is 25.3 Å². The first-order valence-corrected chi connectivity index (χ1v) is 11.9. The molecule has 1 aromatic carbocycles. The lowest BCUT2D eigenvalue weighted by Gasteiger charge is -2.32. The van der Waals surface area contributed by atoms with Gasteiger partial charge in [-0.2, -0.15) is 0 Å². The van der Waals surface area contributed by atoms with E-state index in [1.165, 1.54) is 7.11 Å². The van der Waals surface area contributed by atoms with Crippen molar-refractivity contribution in [3.8, 4) is 5.75 Å². The average molecular weight is 470 g/mol. The fraction of sp³-hybridized carbons (Fsp3) is 0.500. The van der Waals surface area contributed by atoms with Gasteiger partial charge in [0.05, 0.1) is 25.2 Å². The van der Waals surface area contributed by atoms with E-state index in [9.17, 15) is 14.4 Å². The van der Waals surface area contributed by atoms with Crippen LogP contribution < -0.4 is 10.1 Å². The minimum absolute atomic E-state index is 0.0598. The zero-order valence-electron chi connectivity index (χ0n) is 20.5. The van der Waals surface area contributed by atoms with Crippen LogP contribution in [0.25, 0.3) is 0 Å². The second kappa shape index (κ2) is 11.7. The Hall–Kier alpha value is -3.29. The van der Waals surface area contributed by atoms with Crippen LogP contribution in [0.5, 0.6) is 5.75 Å². The molecule has 0 bridgehead atoms. The lowest BCUT2D eigenvalue weighted by atomic mass is 9.96. The Labute approximate surface area is 201 Å². The van der Waals surface area contributed by atoms with E-state index in [0.717, 1.165) is 37.0 Å². The number of rotatable bonds is 9. The predicted molar refractivity (Wildman–Crippen MR) is 129 cm³/mol. The number of carbonyl (C=O) groups excluding carboxylic acids is 3. The van der Waals surface area contributed by atoms with Crippen LogP contribution in [0.1, 0.15) is 70.3 Å². The van der Waals surface area contributed by atoms with Gasteiger partial charge in [0.2, 0.25) is 5.91 Å². The second-order valence-electron chi connectivity index (χ2n) is 8.77. The van der Waals surface area contributed by atoms with Crippen molar-refractivity contribution in [3.63, 3.8) is 0 Å². The topological polar surface area (TPSA) is 101 Å². The third kappa shape index (κ3) is 5.98. The maximum atomic E-state index is 13.2. The van der Waals surface area contributed by atoms with Crippen LogP contribution in [0.3, 0.4) is 0 Å². The van der Waals surface area contributed by atoms with Crippen molar-refractivity contribution in [3.05, 3.63) is 52.3 Å². The summed E-state index contributed by atoms with van der Waals surface area (Å²) in [6.45, 7) is 7.65. The summed E-state index contributed by atoms with van der Waals surface area (Å²) in [6.07, 6.45) is 3.59. The molecule has 0 radical (unpaired) electrons. The molecule has 1 fully saturated rings. The van der Waals surface area contributed by atoms with E-state index in [0.29, 0.717) is 48.8 Å². The Morgan fingerprint density at radius 2 is 1.91 bits per heavy atom. The van der Waals surface area contributed by atoms with Gasteiger partial charge in [-0.15, -0.1) is 0 Å². The number of aromatic amines is 1. The lowest BCUT2D eigenvalue weighted by molar-refractivity contribution is -0.126. The Morgan fingerprint density at radius 1 is 1.18 bits per heavy atom. The van der Waals surface area contributed by atoms with E-state index in [2.05, 4.69) is 17.2 Å². The van der Waals surface area contributed by atoms with E-state index in [4.69, 9.17) is 9.47 Å². The molecule has 1 atom stereocenters. The first-order valence-electron chi connectivity index (χ1n) is 11.9. The number of esters is 1. The normalized spacial score (nSPS) is 15.6. The molecule has 0 saturated carbocycles. The van der Waals surface area contributed by atoms with Crippen LogP contribution in [0.15, 0.2) is 24.3 Å². The summed E-state index contributed by atoms with van der Waals surface area (Å²) in [5.74, 6) is -0.176. The number of unbranched alkanes of at least 4 members (excludes halogenated alkanes) is 1. The number of nitrogens with one attached hydrogen (secondary N) is 2. The van der Waals surface area contributed by atoms with Gasteiger partial charge in [0.15, 0.2) is 0 Å². The number of ether oxygens (including phenoxy) is 2. The number of amides is 2. The van der Waals surface area contributed by atoms with Gasteiger partial charge in [-0.1, -0.05) is 25.5 Å². The number of benzene rings is 1. The highest BCUT2D eigenvalue weighted by Crippen LogP contribution is 2.24.